The molecule has 0 aliphatic carbocycles. The van der Waals surface area contributed by atoms with Gasteiger partial charge in [0.15, 0.2) is 5.82 Å². The number of hydrogen-bond acceptors (Lipinski definition) is 5. The number of amides is 1. The van der Waals surface area contributed by atoms with Gasteiger partial charge in [0, 0.05) is 11.9 Å². The Balaban J connectivity index is 1.66. The number of carbonyl (C=O) groups is 1. The molecular weight excluding hydrogens is 484 g/mol. The molecule has 1 N–H and O–H groups in total. The molecule has 7 nitrogen and oxygen atoms in total. The van der Waals surface area contributed by atoms with Gasteiger partial charge in [0.25, 0.3) is 0 Å². The van der Waals surface area contributed by atoms with Gasteiger partial charge in [-0.1, -0.05) is 117 Å². The van der Waals surface area contributed by atoms with E-state index < -0.39 is 5.92 Å². The Labute approximate surface area is 235 Å². The smallest absolute Gasteiger partial charge is 0.241 e. The summed E-state index contributed by atoms with van der Waals surface area (Å²) >= 11 is 0. The van der Waals surface area contributed by atoms with Gasteiger partial charge in [0.2, 0.25) is 5.91 Å². The van der Waals surface area contributed by atoms with Gasteiger partial charge < -0.3 is 5.32 Å². The highest BCUT2D eigenvalue weighted by molar-refractivity contribution is 5.98. The average molecular weight is 533 g/mol. The standard InChI is InChI=1S/C32H48N6O/c1-6-7-8-9-10-11-12-13-14-17-23-38-36-31(35-37-38)29(28-21-15-16-22-33-28)32(39)34-30-26(24(2)3)19-18-20-27(30)25(4)5/h15-16,18-22,24-25,29H,6-14,17,23H2,1-5H3,(H,34,39). The first-order valence-corrected chi connectivity index (χ1v) is 15.0. The maximum absolute atomic E-state index is 13.8. The lowest BCUT2D eigenvalue weighted by Crippen LogP contribution is -2.25. The molecule has 0 saturated heterocycles. The molecule has 0 saturated carbocycles. The zero-order valence-corrected chi connectivity index (χ0v) is 24.7. The van der Waals surface area contributed by atoms with E-state index in [1.54, 1.807) is 11.0 Å². The van der Waals surface area contributed by atoms with Crippen molar-refractivity contribution in [3.63, 3.8) is 0 Å². The number of nitrogens with one attached hydrogen (secondary N) is 1. The molecule has 212 valence electrons. The van der Waals surface area contributed by atoms with E-state index in [1.165, 1.54) is 51.4 Å². The fourth-order valence-electron chi connectivity index (χ4n) is 5.03. The summed E-state index contributed by atoms with van der Waals surface area (Å²) in [5.41, 5.74) is 3.73. The Bertz CT molecular complexity index is 1100. The van der Waals surface area contributed by atoms with Crippen molar-refractivity contribution in [3.05, 3.63) is 65.2 Å². The monoisotopic (exact) mass is 532 g/mol. The van der Waals surface area contributed by atoms with Crippen molar-refractivity contribution in [2.24, 2.45) is 0 Å². The number of nitrogens with zero attached hydrogens (tertiary/aromatic N) is 5. The van der Waals surface area contributed by atoms with E-state index in [0.717, 1.165) is 29.7 Å². The van der Waals surface area contributed by atoms with Crippen LogP contribution in [-0.2, 0) is 11.3 Å². The van der Waals surface area contributed by atoms with Gasteiger partial charge in [-0.15, -0.1) is 10.2 Å². The minimum atomic E-state index is -0.743. The Morgan fingerprint density at radius 2 is 1.44 bits per heavy atom. The van der Waals surface area contributed by atoms with Gasteiger partial charge in [0.1, 0.15) is 5.92 Å². The molecule has 39 heavy (non-hydrogen) atoms. The Morgan fingerprint density at radius 3 is 2.00 bits per heavy atom. The molecule has 2 aromatic heterocycles. The molecule has 3 aromatic rings. The van der Waals surface area contributed by atoms with Crippen molar-refractivity contribution < 1.29 is 4.79 Å². The number of rotatable bonds is 17. The zero-order valence-electron chi connectivity index (χ0n) is 24.7. The maximum Gasteiger partial charge on any atom is 0.241 e. The van der Waals surface area contributed by atoms with Gasteiger partial charge in [-0.3, -0.25) is 9.78 Å². The highest BCUT2D eigenvalue weighted by atomic mass is 16.2. The fourth-order valence-corrected chi connectivity index (χ4v) is 5.03. The van der Waals surface area contributed by atoms with Crippen LogP contribution in [0.5, 0.6) is 0 Å². The molecule has 0 bridgehead atoms. The molecule has 7 heteroatoms. The van der Waals surface area contributed by atoms with Crippen LogP contribution in [0, 0.1) is 0 Å². The summed E-state index contributed by atoms with van der Waals surface area (Å²) in [5.74, 6) is -0.0128. The molecule has 1 amide bonds. The summed E-state index contributed by atoms with van der Waals surface area (Å²) in [4.78, 5) is 20.0. The van der Waals surface area contributed by atoms with E-state index in [2.05, 4.69) is 78.5 Å². The van der Waals surface area contributed by atoms with E-state index in [1.807, 2.05) is 18.2 Å². The van der Waals surface area contributed by atoms with Gasteiger partial charge in [-0.05, 0) is 46.7 Å². The van der Waals surface area contributed by atoms with Gasteiger partial charge in [0.05, 0.1) is 12.2 Å². The third-order valence-corrected chi connectivity index (χ3v) is 7.31. The number of carbonyl (C=O) groups excluding carboxylic acids is 1. The first-order valence-electron chi connectivity index (χ1n) is 15.0. The average Bonchev–Trinajstić information content (AvgIpc) is 3.38. The Kier molecular flexibility index (Phi) is 12.6. The number of pyridine rings is 1. The molecule has 3 rings (SSSR count). The second-order valence-corrected chi connectivity index (χ2v) is 11.2. The van der Waals surface area contributed by atoms with Crippen LogP contribution in [0.15, 0.2) is 42.6 Å². The first kappa shape index (κ1) is 30.5. The van der Waals surface area contributed by atoms with E-state index >= 15 is 0 Å². The van der Waals surface area contributed by atoms with Crippen LogP contribution in [-0.4, -0.2) is 31.1 Å². The molecule has 0 radical (unpaired) electrons. The van der Waals surface area contributed by atoms with E-state index in [4.69, 9.17) is 0 Å². The highest BCUT2D eigenvalue weighted by Crippen LogP contribution is 2.33. The predicted molar refractivity (Wildman–Crippen MR) is 159 cm³/mol. The molecule has 2 heterocycles. The van der Waals surface area contributed by atoms with E-state index in [0.29, 0.717) is 18.1 Å². The summed E-state index contributed by atoms with van der Waals surface area (Å²) in [6.45, 7) is 11.5. The van der Waals surface area contributed by atoms with Gasteiger partial charge in [-0.25, -0.2) is 0 Å². The second kappa shape index (κ2) is 16.1. The third-order valence-electron chi connectivity index (χ3n) is 7.31. The van der Waals surface area contributed by atoms with Crippen LogP contribution in [0.4, 0.5) is 5.69 Å². The predicted octanol–water partition coefficient (Wildman–Crippen LogP) is 8.01. The number of benzene rings is 1. The largest absolute Gasteiger partial charge is 0.325 e. The van der Waals surface area contributed by atoms with Crippen molar-refractivity contribution in [1.82, 2.24) is 25.2 Å². The summed E-state index contributed by atoms with van der Waals surface area (Å²) in [6, 6.07) is 11.8. The number of para-hydroxylation sites is 1. The Morgan fingerprint density at radius 1 is 0.821 bits per heavy atom. The van der Waals surface area contributed by atoms with Crippen LogP contribution in [0.2, 0.25) is 0 Å². The van der Waals surface area contributed by atoms with Crippen molar-refractivity contribution in [1.29, 1.82) is 0 Å². The van der Waals surface area contributed by atoms with E-state index in [9.17, 15) is 4.79 Å². The normalized spacial score (nSPS) is 12.3. The quantitative estimate of drug-likeness (QED) is 0.178. The van der Waals surface area contributed by atoms with Crippen LogP contribution in [0.25, 0.3) is 0 Å². The lowest BCUT2D eigenvalue weighted by atomic mass is 9.92. The molecule has 0 spiro atoms. The summed E-state index contributed by atoms with van der Waals surface area (Å²) in [6.07, 6.45) is 14.5. The van der Waals surface area contributed by atoms with Crippen molar-refractivity contribution in [2.45, 2.75) is 123 Å². The van der Waals surface area contributed by atoms with Crippen molar-refractivity contribution >= 4 is 11.6 Å². The first-order chi connectivity index (χ1) is 18.9. The summed E-state index contributed by atoms with van der Waals surface area (Å²) in [7, 11) is 0. The topological polar surface area (TPSA) is 85.6 Å². The van der Waals surface area contributed by atoms with Crippen LogP contribution in [0.3, 0.4) is 0 Å². The number of anilines is 1. The molecule has 1 aromatic carbocycles. The van der Waals surface area contributed by atoms with Gasteiger partial charge >= 0.3 is 0 Å². The third kappa shape index (κ3) is 9.26. The van der Waals surface area contributed by atoms with Crippen LogP contribution in [0.1, 0.15) is 139 Å². The summed E-state index contributed by atoms with van der Waals surface area (Å²) < 4.78 is 0. The van der Waals surface area contributed by atoms with Crippen molar-refractivity contribution in [2.75, 3.05) is 5.32 Å². The van der Waals surface area contributed by atoms with E-state index in [-0.39, 0.29) is 17.7 Å². The fraction of sp³-hybridized carbons (Fsp3) is 0.594. The number of tetrazole rings is 1. The molecular formula is C32H48N6O. The lowest BCUT2D eigenvalue weighted by Gasteiger charge is -2.22. The second-order valence-electron chi connectivity index (χ2n) is 11.2. The van der Waals surface area contributed by atoms with Crippen LogP contribution < -0.4 is 5.32 Å². The molecule has 1 atom stereocenters. The molecule has 0 aliphatic heterocycles. The summed E-state index contributed by atoms with van der Waals surface area (Å²) in [5, 5.41) is 16.5. The minimum Gasteiger partial charge on any atom is -0.325 e. The Hall–Kier alpha value is -3.09. The SMILES string of the molecule is CCCCCCCCCCCCn1nnc(C(C(=O)Nc2c(C(C)C)cccc2C(C)C)c2ccccn2)n1. The van der Waals surface area contributed by atoms with Crippen molar-refractivity contribution in [3.8, 4) is 0 Å². The van der Waals surface area contributed by atoms with Crippen LogP contribution >= 0.6 is 0 Å². The molecule has 0 fully saturated rings. The number of unbranched alkanes of at least 4 members (excludes halogenated alkanes) is 9. The minimum absolute atomic E-state index is 0.192. The zero-order chi connectivity index (χ0) is 28.0. The lowest BCUT2D eigenvalue weighted by molar-refractivity contribution is -0.117. The number of aryl methyl sites for hydroxylation is 1. The van der Waals surface area contributed by atoms with Gasteiger partial charge in [-0.2, -0.15) is 4.80 Å². The molecule has 0 aliphatic rings. The molecule has 1 unspecified atom stereocenters. The highest BCUT2D eigenvalue weighted by Gasteiger charge is 2.30. The number of aromatic nitrogens is 5. The maximum atomic E-state index is 13.8. The number of hydrogen-bond donors (Lipinski definition) is 1.